The molecular formula is C25H19ClN4O6. The quantitative estimate of drug-likeness (QED) is 0.319. The van der Waals surface area contributed by atoms with Crippen LogP contribution >= 0.6 is 11.6 Å². The summed E-state index contributed by atoms with van der Waals surface area (Å²) < 4.78 is 0. The number of aryl methyl sites for hydroxylation is 1. The second-order valence-electron chi connectivity index (χ2n) is 8.00. The van der Waals surface area contributed by atoms with Crippen LogP contribution in [0.25, 0.3) is 0 Å². The number of anilines is 1. The van der Waals surface area contributed by atoms with Crippen molar-refractivity contribution in [3.05, 3.63) is 105 Å². The number of halogens is 1. The molecule has 36 heavy (non-hydrogen) atoms. The molecule has 1 atom stereocenters. The van der Waals surface area contributed by atoms with Crippen molar-refractivity contribution in [1.29, 1.82) is 0 Å². The van der Waals surface area contributed by atoms with Gasteiger partial charge in [-0.3, -0.25) is 34.7 Å². The van der Waals surface area contributed by atoms with Gasteiger partial charge in [-0.05, 0) is 55.0 Å². The smallest absolute Gasteiger partial charge is 0.273 e. The van der Waals surface area contributed by atoms with Gasteiger partial charge < -0.3 is 0 Å². The van der Waals surface area contributed by atoms with E-state index in [0.29, 0.717) is 10.6 Å². The number of imide groups is 1. The van der Waals surface area contributed by atoms with Gasteiger partial charge in [0, 0.05) is 28.3 Å². The maximum atomic E-state index is 13.5. The minimum absolute atomic E-state index is 0.0227. The average molecular weight is 507 g/mol. The highest BCUT2D eigenvalue weighted by Crippen LogP contribution is 2.27. The number of non-ortho nitro benzene ring substituents is 1. The summed E-state index contributed by atoms with van der Waals surface area (Å²) in [5.74, 6) is -2.72. The summed E-state index contributed by atoms with van der Waals surface area (Å²) in [5.41, 5.74) is 3.35. The van der Waals surface area contributed by atoms with Crippen LogP contribution in [0.3, 0.4) is 0 Å². The Morgan fingerprint density at radius 3 is 2.28 bits per heavy atom. The molecule has 4 amide bonds. The fourth-order valence-corrected chi connectivity index (χ4v) is 3.93. The number of nitro benzene ring substituents is 1. The number of rotatable bonds is 5. The van der Waals surface area contributed by atoms with Crippen LogP contribution in [-0.4, -0.2) is 39.6 Å². The van der Waals surface area contributed by atoms with Gasteiger partial charge in [0.1, 0.15) is 6.04 Å². The minimum atomic E-state index is -1.32. The highest BCUT2D eigenvalue weighted by Gasteiger charge is 2.45. The third-order valence-electron chi connectivity index (χ3n) is 5.68. The third-order valence-corrected chi connectivity index (χ3v) is 5.93. The molecule has 0 saturated carbocycles. The van der Waals surface area contributed by atoms with Gasteiger partial charge in [0.25, 0.3) is 23.4 Å². The Labute approximate surface area is 210 Å². The Balaban J connectivity index is 1.68. The Morgan fingerprint density at radius 2 is 1.67 bits per heavy atom. The summed E-state index contributed by atoms with van der Waals surface area (Å²) in [4.78, 5) is 63.9. The third kappa shape index (κ3) is 4.80. The molecule has 1 saturated heterocycles. The van der Waals surface area contributed by atoms with E-state index < -0.39 is 34.6 Å². The van der Waals surface area contributed by atoms with Crippen molar-refractivity contribution in [2.75, 3.05) is 4.90 Å². The molecule has 1 heterocycles. The molecule has 4 rings (SSSR count). The zero-order valence-corrected chi connectivity index (χ0v) is 19.6. The molecule has 1 aliphatic heterocycles. The molecule has 1 unspecified atom stereocenters. The number of amides is 4. The number of nitrogens with zero attached hydrogens (tertiary/aromatic N) is 3. The number of nitro groups is 1. The van der Waals surface area contributed by atoms with Gasteiger partial charge in [-0.15, -0.1) is 0 Å². The topological polar surface area (TPSA) is 130 Å². The van der Waals surface area contributed by atoms with Gasteiger partial charge >= 0.3 is 0 Å². The van der Waals surface area contributed by atoms with Crippen LogP contribution < -0.4 is 10.3 Å². The number of carbonyl (C=O) groups is 4. The Bertz CT molecular complexity index is 1370. The summed E-state index contributed by atoms with van der Waals surface area (Å²) in [6, 6.07) is 16.1. The van der Waals surface area contributed by atoms with Crippen molar-refractivity contribution >= 4 is 46.6 Å². The Hall–Kier alpha value is -4.57. The minimum Gasteiger partial charge on any atom is -0.274 e. The second-order valence-corrected chi connectivity index (χ2v) is 8.44. The van der Waals surface area contributed by atoms with Crippen molar-refractivity contribution in [3.8, 4) is 0 Å². The maximum Gasteiger partial charge on any atom is 0.273 e. The van der Waals surface area contributed by atoms with E-state index in [9.17, 15) is 29.3 Å². The van der Waals surface area contributed by atoms with Crippen LogP contribution in [0.2, 0.25) is 5.02 Å². The summed E-state index contributed by atoms with van der Waals surface area (Å²) in [5, 5.41) is 12.2. The van der Waals surface area contributed by atoms with Crippen LogP contribution in [0, 0.1) is 17.0 Å². The molecule has 0 radical (unpaired) electrons. The fraction of sp³-hybridized carbons (Fsp3) is 0.120. The van der Waals surface area contributed by atoms with E-state index in [2.05, 4.69) is 5.43 Å². The highest BCUT2D eigenvalue weighted by atomic mass is 35.5. The number of hydrogen-bond acceptors (Lipinski definition) is 6. The number of hydrazine groups is 1. The lowest BCUT2D eigenvalue weighted by atomic mass is 10.1. The zero-order chi connectivity index (χ0) is 26.0. The van der Waals surface area contributed by atoms with Gasteiger partial charge in [-0.1, -0.05) is 29.8 Å². The normalized spacial score (nSPS) is 15.1. The molecule has 1 fully saturated rings. The van der Waals surface area contributed by atoms with Gasteiger partial charge in [-0.25, -0.2) is 9.91 Å². The van der Waals surface area contributed by atoms with E-state index in [1.54, 1.807) is 31.2 Å². The van der Waals surface area contributed by atoms with Crippen LogP contribution in [0.5, 0.6) is 0 Å². The summed E-state index contributed by atoms with van der Waals surface area (Å²) >= 11 is 5.91. The maximum absolute atomic E-state index is 13.5. The first kappa shape index (κ1) is 24.6. The fourth-order valence-electron chi connectivity index (χ4n) is 3.80. The average Bonchev–Trinajstić information content (AvgIpc) is 3.16. The Kier molecular flexibility index (Phi) is 6.80. The Morgan fingerprint density at radius 1 is 1.03 bits per heavy atom. The molecule has 182 valence electrons. The monoisotopic (exact) mass is 506 g/mol. The molecule has 0 spiro atoms. The highest BCUT2D eigenvalue weighted by molar-refractivity contribution is 6.31. The van der Waals surface area contributed by atoms with Crippen molar-refractivity contribution < 1.29 is 24.1 Å². The van der Waals surface area contributed by atoms with Crippen LogP contribution in [-0.2, 0) is 9.59 Å². The second kappa shape index (κ2) is 9.96. The molecule has 1 aliphatic rings. The molecule has 0 aromatic heterocycles. The first-order valence-electron chi connectivity index (χ1n) is 10.7. The van der Waals surface area contributed by atoms with Crippen molar-refractivity contribution in [1.82, 2.24) is 10.4 Å². The standard InChI is InChI=1S/C25H19ClN4O6/c1-15-4-2-3-5-20(15)24(33)29(27-23(32)16-6-10-19(11-7-16)30(35)36)21-14-22(31)28(25(21)34)18-12-8-17(26)9-13-18/h2-13,21H,14H2,1H3,(H,27,32). The van der Waals surface area contributed by atoms with Crippen LogP contribution in [0.1, 0.15) is 32.7 Å². The number of nitrogens with one attached hydrogen (secondary N) is 1. The van der Waals surface area contributed by atoms with E-state index in [1.165, 1.54) is 36.4 Å². The summed E-state index contributed by atoms with van der Waals surface area (Å²) in [7, 11) is 0. The lowest BCUT2D eigenvalue weighted by Gasteiger charge is -2.28. The van der Waals surface area contributed by atoms with Gasteiger partial charge in [-0.2, -0.15) is 0 Å². The van der Waals surface area contributed by atoms with Gasteiger partial charge in [0.05, 0.1) is 17.0 Å². The molecule has 0 aliphatic carbocycles. The predicted octanol–water partition coefficient (Wildman–Crippen LogP) is 3.68. The first-order valence-corrected chi connectivity index (χ1v) is 11.1. The van der Waals surface area contributed by atoms with E-state index in [1.807, 2.05) is 0 Å². The zero-order valence-electron chi connectivity index (χ0n) is 18.9. The summed E-state index contributed by atoms with van der Waals surface area (Å²) in [6.45, 7) is 1.70. The molecule has 3 aromatic rings. The van der Waals surface area contributed by atoms with E-state index in [4.69, 9.17) is 11.6 Å². The molecule has 0 bridgehead atoms. The van der Waals surface area contributed by atoms with Crippen LogP contribution in [0.4, 0.5) is 11.4 Å². The molecule has 1 N–H and O–H groups in total. The predicted molar refractivity (Wildman–Crippen MR) is 130 cm³/mol. The number of hydrogen-bond donors (Lipinski definition) is 1. The molecular weight excluding hydrogens is 488 g/mol. The molecule has 3 aromatic carbocycles. The van der Waals surface area contributed by atoms with Crippen LogP contribution in [0.15, 0.2) is 72.8 Å². The van der Waals surface area contributed by atoms with Crippen molar-refractivity contribution in [2.24, 2.45) is 0 Å². The lowest BCUT2D eigenvalue weighted by molar-refractivity contribution is -0.384. The van der Waals surface area contributed by atoms with E-state index in [-0.39, 0.29) is 28.9 Å². The number of carbonyl (C=O) groups excluding carboxylic acids is 4. The number of benzene rings is 3. The van der Waals surface area contributed by atoms with Gasteiger partial charge in [0.2, 0.25) is 5.91 Å². The summed E-state index contributed by atoms with van der Waals surface area (Å²) in [6.07, 6.45) is -0.361. The largest absolute Gasteiger partial charge is 0.274 e. The molecule has 10 nitrogen and oxygen atoms in total. The SMILES string of the molecule is Cc1ccccc1C(=O)N(NC(=O)c1ccc([N+](=O)[O-])cc1)C1CC(=O)N(c2ccc(Cl)cc2)C1=O. The molecule has 11 heteroatoms. The van der Waals surface area contributed by atoms with E-state index >= 15 is 0 Å². The first-order chi connectivity index (χ1) is 17.2. The van der Waals surface area contributed by atoms with Crippen molar-refractivity contribution in [2.45, 2.75) is 19.4 Å². The lowest BCUT2D eigenvalue weighted by Crippen LogP contribution is -2.54. The van der Waals surface area contributed by atoms with E-state index in [0.717, 1.165) is 22.0 Å². The van der Waals surface area contributed by atoms with Gasteiger partial charge in [0.15, 0.2) is 0 Å². The van der Waals surface area contributed by atoms with Crippen molar-refractivity contribution in [3.63, 3.8) is 0 Å².